The van der Waals surface area contributed by atoms with Gasteiger partial charge in [-0.25, -0.2) is 15.0 Å². The molecule has 1 atom stereocenters. The van der Waals surface area contributed by atoms with Crippen LogP contribution in [0.1, 0.15) is 5.56 Å². The van der Waals surface area contributed by atoms with Crippen molar-refractivity contribution in [2.24, 2.45) is 10.9 Å². The first kappa shape index (κ1) is 10.2. The van der Waals surface area contributed by atoms with Gasteiger partial charge in [-0.1, -0.05) is 0 Å². The molecule has 0 bridgehead atoms. The van der Waals surface area contributed by atoms with Crippen LogP contribution in [0, 0.1) is 5.92 Å². The average molecular weight is 220 g/mol. The largest absolute Gasteiger partial charge is 0.344 e. The number of nitrogens with zero attached hydrogens (tertiary/aromatic N) is 3. The third-order valence-corrected chi connectivity index (χ3v) is 2.13. The molecule has 1 aliphatic rings. The Morgan fingerprint density at radius 1 is 1.62 bits per heavy atom. The lowest BCUT2D eigenvalue weighted by Gasteiger charge is -2.15. The molecule has 7 heteroatoms. The first-order valence-corrected chi connectivity index (χ1v) is 4.53. The number of fused-ring (bicyclic) bond motifs is 1. The van der Waals surface area contributed by atoms with E-state index < -0.39 is 11.8 Å². The van der Waals surface area contributed by atoms with Gasteiger partial charge in [-0.3, -0.25) is 9.59 Å². The van der Waals surface area contributed by atoms with Crippen LogP contribution in [-0.2, 0) is 20.8 Å². The second kappa shape index (κ2) is 4.47. The van der Waals surface area contributed by atoms with Gasteiger partial charge in [0.2, 0.25) is 0 Å². The van der Waals surface area contributed by atoms with Gasteiger partial charge in [-0.2, -0.15) is 5.48 Å². The molecule has 2 rings (SSSR count). The van der Waals surface area contributed by atoms with Crippen LogP contribution < -0.4 is 5.48 Å². The summed E-state index contributed by atoms with van der Waals surface area (Å²) in [5.41, 5.74) is 2.78. The molecule has 7 nitrogen and oxygen atoms in total. The Bertz CT molecular complexity index is 446. The highest BCUT2D eigenvalue weighted by atomic mass is 16.7. The van der Waals surface area contributed by atoms with Gasteiger partial charge in [0, 0.05) is 18.0 Å². The number of rotatable bonds is 3. The van der Waals surface area contributed by atoms with Gasteiger partial charge in [-0.05, 0) is 6.42 Å². The van der Waals surface area contributed by atoms with Gasteiger partial charge in [-0.15, -0.1) is 0 Å². The van der Waals surface area contributed by atoms with Crippen molar-refractivity contribution in [2.75, 3.05) is 0 Å². The molecule has 1 aromatic heterocycles. The molecule has 0 aromatic carbocycles. The van der Waals surface area contributed by atoms with E-state index in [1.165, 1.54) is 12.5 Å². The molecule has 0 fully saturated rings. The fraction of sp³-hybridized carbons (Fsp3) is 0.222. The minimum absolute atomic E-state index is 0.148. The van der Waals surface area contributed by atoms with Crippen LogP contribution >= 0.6 is 0 Å². The maximum absolute atomic E-state index is 11.4. The molecule has 0 saturated carbocycles. The van der Waals surface area contributed by atoms with E-state index in [0.29, 0.717) is 12.2 Å². The van der Waals surface area contributed by atoms with Crippen molar-refractivity contribution in [1.29, 1.82) is 0 Å². The van der Waals surface area contributed by atoms with Gasteiger partial charge in [0.1, 0.15) is 6.33 Å². The third-order valence-electron chi connectivity index (χ3n) is 2.13. The smallest absolute Gasteiger partial charge is 0.320 e. The number of amides is 1. The quantitative estimate of drug-likeness (QED) is 0.550. The molecule has 0 saturated heterocycles. The Morgan fingerprint density at radius 2 is 2.50 bits per heavy atom. The average Bonchev–Trinajstić information content (AvgIpc) is 2.35. The molecule has 0 spiro atoms. The Balaban J connectivity index is 2.08. The first-order valence-electron chi connectivity index (χ1n) is 4.53. The van der Waals surface area contributed by atoms with Crippen LogP contribution in [0.2, 0.25) is 0 Å². The van der Waals surface area contributed by atoms with E-state index in [2.05, 4.69) is 19.8 Å². The van der Waals surface area contributed by atoms with Crippen LogP contribution in [-0.4, -0.2) is 28.6 Å². The summed E-state index contributed by atoms with van der Waals surface area (Å²) in [6.45, 7) is 0.148. The summed E-state index contributed by atoms with van der Waals surface area (Å²) in [6.07, 6.45) is 4.91. The second-order valence-corrected chi connectivity index (χ2v) is 3.14. The highest BCUT2D eigenvalue weighted by Crippen LogP contribution is 2.22. The monoisotopic (exact) mass is 220 g/mol. The lowest BCUT2D eigenvalue weighted by Crippen LogP contribution is -2.33. The summed E-state index contributed by atoms with van der Waals surface area (Å²) in [5.74, 6) is -0.334. The maximum Gasteiger partial charge on any atom is 0.320 e. The Hall–Kier alpha value is -2.31. The summed E-state index contributed by atoms with van der Waals surface area (Å²) in [7, 11) is 0. The molecular weight excluding hydrogens is 212 g/mol. The molecule has 0 aliphatic carbocycles. The molecule has 1 amide bonds. The molecule has 1 unspecified atom stereocenters. The van der Waals surface area contributed by atoms with Crippen molar-refractivity contribution in [1.82, 2.24) is 15.4 Å². The summed E-state index contributed by atoms with van der Waals surface area (Å²) >= 11 is 0. The van der Waals surface area contributed by atoms with Crippen LogP contribution in [0.5, 0.6) is 0 Å². The van der Waals surface area contributed by atoms with Gasteiger partial charge in [0.25, 0.3) is 5.91 Å². The number of hydrogen-bond donors (Lipinski definition) is 1. The third kappa shape index (κ3) is 2.02. The van der Waals surface area contributed by atoms with Crippen LogP contribution in [0.4, 0.5) is 5.82 Å². The number of hydrogen-bond acceptors (Lipinski definition) is 6. The van der Waals surface area contributed by atoms with Crippen molar-refractivity contribution < 1.29 is 14.4 Å². The standard InChI is InChI=1S/C9H8N4O3/c14-5-16-13-9(15)7-1-6-2-10-4-12-8(6)11-3-7/h2-5,7H,1H2,(H,13,15). The van der Waals surface area contributed by atoms with Crippen LogP contribution in [0.15, 0.2) is 17.5 Å². The summed E-state index contributed by atoms with van der Waals surface area (Å²) in [6, 6.07) is 0. The zero-order valence-electron chi connectivity index (χ0n) is 8.16. The van der Waals surface area contributed by atoms with Crippen molar-refractivity contribution in [3.63, 3.8) is 0 Å². The minimum atomic E-state index is -0.474. The highest BCUT2D eigenvalue weighted by Gasteiger charge is 2.22. The van der Waals surface area contributed by atoms with Crippen molar-refractivity contribution >= 4 is 24.4 Å². The fourth-order valence-electron chi connectivity index (χ4n) is 1.38. The molecular formula is C9H8N4O3. The van der Waals surface area contributed by atoms with Crippen molar-refractivity contribution in [3.8, 4) is 0 Å². The second-order valence-electron chi connectivity index (χ2n) is 3.14. The van der Waals surface area contributed by atoms with E-state index in [-0.39, 0.29) is 6.47 Å². The molecule has 82 valence electrons. The van der Waals surface area contributed by atoms with Crippen molar-refractivity contribution in [3.05, 3.63) is 18.1 Å². The van der Waals surface area contributed by atoms with E-state index in [9.17, 15) is 9.59 Å². The van der Waals surface area contributed by atoms with Crippen molar-refractivity contribution in [2.45, 2.75) is 6.42 Å². The first-order chi connectivity index (χ1) is 7.81. The summed E-state index contributed by atoms with van der Waals surface area (Å²) in [5, 5.41) is 0. The van der Waals surface area contributed by atoms with E-state index in [0.717, 1.165) is 5.56 Å². The number of nitrogens with one attached hydrogen (secondary N) is 1. The Morgan fingerprint density at radius 3 is 3.31 bits per heavy atom. The summed E-state index contributed by atoms with van der Waals surface area (Å²) < 4.78 is 0. The number of carbonyl (C=O) groups is 2. The summed E-state index contributed by atoms with van der Waals surface area (Å²) in [4.78, 5) is 37.3. The lowest BCUT2D eigenvalue weighted by atomic mass is 9.99. The van der Waals surface area contributed by atoms with Gasteiger partial charge in [0.05, 0.1) is 5.92 Å². The number of carbonyl (C=O) groups excluding carboxylic acids is 2. The molecule has 1 N–H and O–H groups in total. The van der Waals surface area contributed by atoms with Gasteiger partial charge < -0.3 is 4.84 Å². The molecule has 2 heterocycles. The minimum Gasteiger partial charge on any atom is -0.344 e. The lowest BCUT2D eigenvalue weighted by molar-refractivity contribution is -0.147. The van der Waals surface area contributed by atoms with Gasteiger partial charge >= 0.3 is 6.47 Å². The SMILES string of the molecule is O=CONC(=O)C1C=Nc2ncncc2C1. The maximum atomic E-state index is 11.4. The van der Waals surface area contributed by atoms with Gasteiger partial charge in [0.15, 0.2) is 5.82 Å². The zero-order chi connectivity index (χ0) is 11.4. The number of aromatic nitrogens is 2. The van der Waals surface area contributed by atoms with Crippen LogP contribution in [0.25, 0.3) is 0 Å². The topological polar surface area (TPSA) is 93.5 Å². The number of hydroxylamine groups is 1. The molecule has 16 heavy (non-hydrogen) atoms. The van der Waals surface area contributed by atoms with E-state index in [1.807, 2.05) is 5.48 Å². The predicted octanol–water partition coefficient (Wildman–Crippen LogP) is -0.445. The molecule has 0 radical (unpaired) electrons. The molecule has 1 aliphatic heterocycles. The highest BCUT2D eigenvalue weighted by molar-refractivity contribution is 5.95. The van der Waals surface area contributed by atoms with E-state index in [1.54, 1.807) is 6.20 Å². The predicted molar refractivity (Wildman–Crippen MR) is 52.7 cm³/mol. The Labute approximate surface area is 90.5 Å². The van der Waals surface area contributed by atoms with E-state index >= 15 is 0 Å². The molecule has 1 aromatic rings. The van der Waals surface area contributed by atoms with E-state index in [4.69, 9.17) is 0 Å². The fourth-order valence-corrected chi connectivity index (χ4v) is 1.38. The van der Waals surface area contributed by atoms with Crippen LogP contribution in [0.3, 0.4) is 0 Å². The number of aliphatic imine (C=N–C) groups is 1. The Kier molecular flexibility index (Phi) is 2.86. The zero-order valence-corrected chi connectivity index (χ0v) is 8.16. The normalized spacial score (nSPS) is 17.4.